The van der Waals surface area contributed by atoms with Gasteiger partial charge < -0.3 is 4.74 Å². The van der Waals surface area contributed by atoms with E-state index in [0.717, 1.165) is 60.8 Å². The molecule has 0 aliphatic carbocycles. The van der Waals surface area contributed by atoms with E-state index in [9.17, 15) is 0 Å². The van der Waals surface area contributed by atoms with Gasteiger partial charge in [-0.2, -0.15) is 5.10 Å². The Morgan fingerprint density at radius 2 is 1.97 bits per heavy atom. The molecule has 1 aliphatic rings. The van der Waals surface area contributed by atoms with E-state index >= 15 is 0 Å². The smallest absolute Gasteiger partial charge is 0.156 e. The van der Waals surface area contributed by atoms with E-state index in [1.807, 2.05) is 41.2 Å². The number of hydrogen-bond acceptors (Lipinski definition) is 5. The average Bonchev–Trinajstić information content (AvgIpc) is 3.23. The van der Waals surface area contributed by atoms with Crippen LogP contribution in [0.15, 0.2) is 67.1 Å². The maximum absolute atomic E-state index is 5.36. The minimum atomic E-state index is 0.355. The molecule has 1 fully saturated rings. The van der Waals surface area contributed by atoms with Gasteiger partial charge in [-0.25, -0.2) is 9.50 Å². The SMILES string of the molecule is COc1cccc(CN2CCCC(c3nc4ccc(-c5ccncc5)cn4n3)C2)c1. The largest absolute Gasteiger partial charge is 0.497 e. The summed E-state index contributed by atoms with van der Waals surface area (Å²) in [6.07, 6.45) is 7.96. The second-order valence-corrected chi connectivity index (χ2v) is 7.85. The van der Waals surface area contributed by atoms with Gasteiger partial charge in [0.25, 0.3) is 0 Å². The van der Waals surface area contributed by atoms with Crippen molar-refractivity contribution in [2.75, 3.05) is 20.2 Å². The van der Waals surface area contributed by atoms with Gasteiger partial charge in [-0.3, -0.25) is 9.88 Å². The predicted octanol–water partition coefficient (Wildman–Crippen LogP) is 4.18. The second kappa shape index (κ2) is 8.24. The Hall–Kier alpha value is -3.25. The Labute approximate surface area is 176 Å². The molecule has 6 nitrogen and oxygen atoms in total. The molecule has 5 rings (SSSR count). The summed E-state index contributed by atoms with van der Waals surface area (Å²) in [5.41, 5.74) is 4.42. The number of aromatic nitrogens is 4. The number of nitrogens with zero attached hydrogens (tertiary/aromatic N) is 5. The lowest BCUT2D eigenvalue weighted by Crippen LogP contribution is -2.34. The van der Waals surface area contributed by atoms with Crippen molar-refractivity contribution in [1.29, 1.82) is 0 Å². The van der Waals surface area contributed by atoms with Crippen molar-refractivity contribution >= 4 is 5.65 Å². The highest BCUT2D eigenvalue weighted by Crippen LogP contribution is 2.27. The van der Waals surface area contributed by atoms with Crippen LogP contribution in [-0.4, -0.2) is 44.7 Å². The van der Waals surface area contributed by atoms with Crippen LogP contribution in [0.3, 0.4) is 0 Å². The third kappa shape index (κ3) is 3.91. The number of piperidine rings is 1. The molecule has 0 spiro atoms. The number of hydrogen-bond donors (Lipinski definition) is 0. The fourth-order valence-corrected chi connectivity index (χ4v) is 4.23. The fourth-order valence-electron chi connectivity index (χ4n) is 4.23. The van der Waals surface area contributed by atoms with Crippen molar-refractivity contribution in [2.24, 2.45) is 0 Å². The van der Waals surface area contributed by atoms with Crippen LogP contribution in [0, 0.1) is 0 Å². The van der Waals surface area contributed by atoms with Gasteiger partial charge >= 0.3 is 0 Å². The number of benzene rings is 1. The Balaban J connectivity index is 1.34. The van der Waals surface area contributed by atoms with Gasteiger partial charge in [0.15, 0.2) is 11.5 Å². The average molecular weight is 399 g/mol. The molecular weight excluding hydrogens is 374 g/mol. The number of rotatable bonds is 5. The van der Waals surface area contributed by atoms with Crippen LogP contribution in [0.2, 0.25) is 0 Å². The summed E-state index contributed by atoms with van der Waals surface area (Å²) in [5.74, 6) is 2.21. The van der Waals surface area contributed by atoms with E-state index in [-0.39, 0.29) is 0 Å². The summed E-state index contributed by atoms with van der Waals surface area (Å²) >= 11 is 0. The molecule has 152 valence electrons. The zero-order valence-electron chi connectivity index (χ0n) is 17.1. The Morgan fingerprint density at radius 3 is 2.83 bits per heavy atom. The molecule has 1 aromatic carbocycles. The van der Waals surface area contributed by atoms with Gasteiger partial charge in [0.1, 0.15) is 5.75 Å². The molecule has 4 heterocycles. The minimum absolute atomic E-state index is 0.355. The van der Waals surface area contributed by atoms with Gasteiger partial charge in [-0.15, -0.1) is 0 Å². The van der Waals surface area contributed by atoms with E-state index in [4.69, 9.17) is 14.8 Å². The highest BCUT2D eigenvalue weighted by Gasteiger charge is 2.25. The third-order valence-electron chi connectivity index (χ3n) is 5.77. The minimum Gasteiger partial charge on any atom is -0.497 e. The standard InChI is InChI=1S/C24H25N5O/c1-30-22-6-2-4-18(14-22)15-28-13-3-5-21(16-28)24-26-23-8-7-20(17-29(23)27-24)19-9-11-25-12-10-19/h2,4,6-12,14,17,21H,3,5,13,15-16H2,1H3. The quantitative estimate of drug-likeness (QED) is 0.504. The van der Waals surface area contributed by atoms with Crippen LogP contribution in [-0.2, 0) is 6.54 Å². The lowest BCUT2D eigenvalue weighted by molar-refractivity contribution is 0.196. The van der Waals surface area contributed by atoms with Crippen LogP contribution in [0.25, 0.3) is 16.8 Å². The molecule has 1 aliphatic heterocycles. The molecule has 0 bridgehead atoms. The molecule has 3 aromatic heterocycles. The molecule has 0 amide bonds. The van der Waals surface area contributed by atoms with Gasteiger partial charge in [0.2, 0.25) is 0 Å². The molecule has 1 saturated heterocycles. The summed E-state index contributed by atoms with van der Waals surface area (Å²) < 4.78 is 7.27. The lowest BCUT2D eigenvalue weighted by atomic mass is 9.97. The van der Waals surface area contributed by atoms with Crippen LogP contribution >= 0.6 is 0 Å². The van der Waals surface area contributed by atoms with E-state index in [2.05, 4.69) is 40.3 Å². The topological polar surface area (TPSA) is 55.5 Å². The molecule has 6 heteroatoms. The summed E-state index contributed by atoms with van der Waals surface area (Å²) in [4.78, 5) is 11.4. The first-order chi connectivity index (χ1) is 14.8. The van der Waals surface area contributed by atoms with E-state index in [0.29, 0.717) is 5.92 Å². The van der Waals surface area contributed by atoms with Crippen molar-refractivity contribution in [3.63, 3.8) is 0 Å². The van der Waals surface area contributed by atoms with Crippen LogP contribution in [0.1, 0.15) is 30.1 Å². The first-order valence-corrected chi connectivity index (χ1v) is 10.4. The summed E-state index contributed by atoms with van der Waals surface area (Å²) in [5, 5.41) is 4.83. The molecule has 0 N–H and O–H groups in total. The monoisotopic (exact) mass is 399 g/mol. The molecule has 0 radical (unpaired) electrons. The van der Waals surface area contributed by atoms with Crippen molar-refractivity contribution in [3.8, 4) is 16.9 Å². The fraction of sp³-hybridized carbons (Fsp3) is 0.292. The summed E-state index contributed by atoms with van der Waals surface area (Å²) in [6.45, 7) is 3.01. The van der Waals surface area contributed by atoms with Crippen molar-refractivity contribution in [2.45, 2.75) is 25.3 Å². The van der Waals surface area contributed by atoms with E-state index in [1.165, 1.54) is 5.56 Å². The lowest BCUT2D eigenvalue weighted by Gasteiger charge is -2.31. The van der Waals surface area contributed by atoms with Gasteiger partial charge in [-0.05, 0) is 66.9 Å². The van der Waals surface area contributed by atoms with Crippen LogP contribution < -0.4 is 4.74 Å². The number of ether oxygens (including phenoxy) is 1. The summed E-state index contributed by atoms with van der Waals surface area (Å²) in [6, 6.07) is 16.5. The highest BCUT2D eigenvalue weighted by atomic mass is 16.5. The van der Waals surface area contributed by atoms with Gasteiger partial charge in [0.05, 0.1) is 7.11 Å². The van der Waals surface area contributed by atoms with Crippen molar-refractivity contribution in [3.05, 3.63) is 78.5 Å². The number of methoxy groups -OCH3 is 1. The van der Waals surface area contributed by atoms with Gasteiger partial charge in [-0.1, -0.05) is 12.1 Å². The predicted molar refractivity (Wildman–Crippen MR) is 116 cm³/mol. The zero-order chi connectivity index (χ0) is 20.3. The van der Waals surface area contributed by atoms with Gasteiger partial charge in [0, 0.05) is 43.2 Å². The summed E-state index contributed by atoms with van der Waals surface area (Å²) in [7, 11) is 1.71. The van der Waals surface area contributed by atoms with E-state index in [1.54, 1.807) is 7.11 Å². The molecule has 4 aromatic rings. The maximum Gasteiger partial charge on any atom is 0.156 e. The molecular formula is C24H25N5O. The highest BCUT2D eigenvalue weighted by molar-refractivity contribution is 5.63. The van der Waals surface area contributed by atoms with Crippen LogP contribution in [0.5, 0.6) is 5.75 Å². The zero-order valence-corrected chi connectivity index (χ0v) is 17.1. The Kier molecular flexibility index (Phi) is 5.15. The molecule has 30 heavy (non-hydrogen) atoms. The third-order valence-corrected chi connectivity index (χ3v) is 5.77. The number of likely N-dealkylation sites (tertiary alicyclic amines) is 1. The first-order valence-electron chi connectivity index (χ1n) is 10.4. The van der Waals surface area contributed by atoms with E-state index < -0.39 is 0 Å². The second-order valence-electron chi connectivity index (χ2n) is 7.85. The molecule has 0 saturated carbocycles. The number of fused-ring (bicyclic) bond motifs is 1. The maximum atomic E-state index is 5.36. The van der Waals surface area contributed by atoms with Crippen molar-refractivity contribution < 1.29 is 4.74 Å². The molecule has 1 atom stereocenters. The number of pyridine rings is 2. The first kappa shape index (κ1) is 18.8. The van der Waals surface area contributed by atoms with Crippen molar-refractivity contribution in [1.82, 2.24) is 24.5 Å². The Bertz CT molecular complexity index is 1140. The molecule has 1 unspecified atom stereocenters. The van der Waals surface area contributed by atoms with Crippen LogP contribution in [0.4, 0.5) is 0 Å². The Morgan fingerprint density at radius 1 is 1.07 bits per heavy atom. The normalized spacial score (nSPS) is 17.3.